The van der Waals surface area contributed by atoms with E-state index in [0.717, 1.165) is 45.4 Å². The maximum atomic E-state index is 5.72. The predicted molar refractivity (Wildman–Crippen MR) is 117 cm³/mol. The van der Waals surface area contributed by atoms with Crippen molar-refractivity contribution >= 4 is 11.4 Å². The summed E-state index contributed by atoms with van der Waals surface area (Å²) in [6, 6.07) is 19.4. The van der Waals surface area contributed by atoms with Crippen molar-refractivity contribution in [1.29, 1.82) is 0 Å². The first-order valence-electron chi connectivity index (χ1n) is 10.3. The normalized spacial score (nSPS) is 15.5. The quantitative estimate of drug-likeness (QED) is 0.432. The SMILES string of the molecule is Nc1cccc(-c2cc(C3CC3)no2)c1.Nc1cccc(-c2cc(C3CC3)on2)c1. The molecule has 0 unspecified atom stereocenters. The minimum absolute atomic E-state index is 0.604. The molecule has 0 atom stereocenters. The topological polar surface area (TPSA) is 104 Å². The van der Waals surface area contributed by atoms with Crippen LogP contribution in [0.1, 0.15) is 49.0 Å². The molecule has 0 saturated heterocycles. The number of nitrogens with zero attached hydrogens (tertiary/aromatic N) is 2. The van der Waals surface area contributed by atoms with Crippen LogP contribution in [0.25, 0.3) is 22.6 Å². The van der Waals surface area contributed by atoms with Gasteiger partial charge in [0.1, 0.15) is 11.5 Å². The van der Waals surface area contributed by atoms with Gasteiger partial charge in [-0.05, 0) is 49.9 Å². The Bertz CT molecular complexity index is 1060. The van der Waals surface area contributed by atoms with Crippen LogP contribution in [-0.4, -0.2) is 10.3 Å². The predicted octanol–water partition coefficient (Wildman–Crippen LogP) is 5.60. The Morgan fingerprint density at radius 3 is 2.03 bits per heavy atom. The van der Waals surface area contributed by atoms with Crippen LogP contribution in [0.3, 0.4) is 0 Å². The largest absolute Gasteiger partial charge is 0.399 e. The zero-order chi connectivity index (χ0) is 20.5. The number of anilines is 2. The third kappa shape index (κ3) is 4.22. The Morgan fingerprint density at radius 2 is 1.37 bits per heavy atom. The number of benzene rings is 2. The van der Waals surface area contributed by atoms with Gasteiger partial charge in [-0.2, -0.15) is 0 Å². The molecule has 0 bridgehead atoms. The third-order valence-corrected chi connectivity index (χ3v) is 5.39. The van der Waals surface area contributed by atoms with Crippen LogP contribution in [0.2, 0.25) is 0 Å². The summed E-state index contributed by atoms with van der Waals surface area (Å²) in [5, 5.41) is 8.13. The minimum atomic E-state index is 0.604. The fourth-order valence-corrected chi connectivity index (χ4v) is 3.37. The smallest absolute Gasteiger partial charge is 0.167 e. The molecule has 2 aromatic carbocycles. The molecule has 0 aliphatic heterocycles. The van der Waals surface area contributed by atoms with Crippen LogP contribution in [0.15, 0.2) is 69.7 Å². The number of hydrogen-bond donors (Lipinski definition) is 2. The van der Waals surface area contributed by atoms with Gasteiger partial charge in [0, 0.05) is 46.5 Å². The molecule has 6 heteroatoms. The average molecular weight is 400 g/mol. The molecule has 0 amide bonds. The first-order chi connectivity index (χ1) is 14.7. The van der Waals surface area contributed by atoms with Gasteiger partial charge in [-0.15, -0.1) is 0 Å². The Balaban J connectivity index is 0.000000128. The zero-order valence-electron chi connectivity index (χ0n) is 16.6. The van der Waals surface area contributed by atoms with Gasteiger partial charge in [0.15, 0.2) is 5.76 Å². The Labute approximate surface area is 174 Å². The molecule has 2 heterocycles. The van der Waals surface area contributed by atoms with Crippen molar-refractivity contribution in [1.82, 2.24) is 10.3 Å². The van der Waals surface area contributed by atoms with Gasteiger partial charge in [0.25, 0.3) is 0 Å². The van der Waals surface area contributed by atoms with Gasteiger partial charge in [-0.3, -0.25) is 0 Å². The molecule has 6 rings (SSSR count). The molecule has 2 fully saturated rings. The molecular weight excluding hydrogens is 376 g/mol. The van der Waals surface area contributed by atoms with Crippen molar-refractivity contribution in [2.24, 2.45) is 0 Å². The summed E-state index contributed by atoms with van der Waals surface area (Å²) in [4.78, 5) is 0. The Morgan fingerprint density at radius 1 is 0.700 bits per heavy atom. The van der Waals surface area contributed by atoms with E-state index in [1.165, 1.54) is 25.7 Å². The average Bonchev–Trinajstić information content (AvgIpc) is 3.69. The summed E-state index contributed by atoms with van der Waals surface area (Å²) in [5.74, 6) is 3.05. The highest BCUT2D eigenvalue weighted by Crippen LogP contribution is 2.41. The molecule has 0 spiro atoms. The van der Waals surface area contributed by atoms with Crippen molar-refractivity contribution in [3.8, 4) is 22.6 Å². The van der Waals surface area contributed by atoms with Crippen LogP contribution in [0, 0.1) is 0 Å². The van der Waals surface area contributed by atoms with Crippen molar-refractivity contribution in [2.45, 2.75) is 37.5 Å². The molecule has 152 valence electrons. The lowest BCUT2D eigenvalue weighted by Gasteiger charge is -1.96. The molecule has 2 saturated carbocycles. The molecule has 2 aromatic heterocycles. The van der Waals surface area contributed by atoms with Crippen molar-refractivity contribution in [2.75, 3.05) is 11.5 Å². The molecule has 6 nitrogen and oxygen atoms in total. The number of hydrogen-bond acceptors (Lipinski definition) is 6. The van der Waals surface area contributed by atoms with Crippen LogP contribution in [-0.2, 0) is 0 Å². The van der Waals surface area contributed by atoms with E-state index in [1.54, 1.807) is 0 Å². The second-order valence-corrected chi connectivity index (χ2v) is 8.03. The highest BCUT2D eigenvalue weighted by atomic mass is 16.5. The lowest BCUT2D eigenvalue weighted by Crippen LogP contribution is -1.84. The van der Waals surface area contributed by atoms with Crippen molar-refractivity contribution in [3.63, 3.8) is 0 Å². The van der Waals surface area contributed by atoms with E-state index in [-0.39, 0.29) is 0 Å². The summed E-state index contributed by atoms with van der Waals surface area (Å²) in [7, 11) is 0. The lowest BCUT2D eigenvalue weighted by atomic mass is 10.1. The first-order valence-corrected chi connectivity index (χ1v) is 10.3. The lowest BCUT2D eigenvalue weighted by molar-refractivity contribution is 0.386. The zero-order valence-corrected chi connectivity index (χ0v) is 16.6. The second-order valence-electron chi connectivity index (χ2n) is 8.03. The molecule has 2 aliphatic rings. The van der Waals surface area contributed by atoms with E-state index in [2.05, 4.69) is 10.3 Å². The summed E-state index contributed by atoms with van der Waals surface area (Å²) >= 11 is 0. The maximum absolute atomic E-state index is 5.72. The van der Waals surface area contributed by atoms with Crippen LogP contribution >= 0.6 is 0 Å². The Hall–Kier alpha value is -3.54. The summed E-state index contributed by atoms with van der Waals surface area (Å²) in [5.41, 5.74) is 16.9. The monoisotopic (exact) mass is 400 g/mol. The van der Waals surface area contributed by atoms with E-state index < -0.39 is 0 Å². The number of rotatable bonds is 4. The number of nitrogen functional groups attached to an aromatic ring is 2. The van der Waals surface area contributed by atoms with Crippen LogP contribution in [0.4, 0.5) is 11.4 Å². The Kier molecular flexibility index (Phi) is 4.75. The highest BCUT2D eigenvalue weighted by molar-refractivity contribution is 5.64. The first kappa shape index (κ1) is 18.5. The van der Waals surface area contributed by atoms with E-state index in [1.807, 2.05) is 60.7 Å². The molecular formula is C24H24N4O2. The van der Waals surface area contributed by atoms with Crippen LogP contribution < -0.4 is 11.5 Å². The van der Waals surface area contributed by atoms with Crippen molar-refractivity contribution < 1.29 is 9.05 Å². The highest BCUT2D eigenvalue weighted by Gasteiger charge is 2.28. The van der Waals surface area contributed by atoms with Gasteiger partial charge in [-0.1, -0.05) is 34.6 Å². The molecule has 0 radical (unpaired) electrons. The van der Waals surface area contributed by atoms with Gasteiger partial charge in [0.05, 0.1) is 5.69 Å². The molecule has 4 aromatic rings. The van der Waals surface area contributed by atoms with Gasteiger partial charge in [0.2, 0.25) is 0 Å². The summed E-state index contributed by atoms with van der Waals surface area (Å²) < 4.78 is 10.6. The molecule has 4 N–H and O–H groups in total. The fraction of sp³-hybridized carbons (Fsp3) is 0.250. The van der Waals surface area contributed by atoms with E-state index in [0.29, 0.717) is 11.8 Å². The number of aromatic nitrogens is 2. The molecule has 2 aliphatic carbocycles. The maximum Gasteiger partial charge on any atom is 0.167 e. The van der Waals surface area contributed by atoms with Gasteiger partial charge < -0.3 is 20.5 Å². The van der Waals surface area contributed by atoms with E-state index in [4.69, 9.17) is 20.5 Å². The van der Waals surface area contributed by atoms with Gasteiger partial charge >= 0.3 is 0 Å². The standard InChI is InChI=1S/2C12H12N2O/c13-10-3-1-2-9(6-10)11-7-12(15-14-11)8-4-5-8;13-10-3-1-2-9(6-10)12-7-11(14-15-12)8-4-5-8/h2*1-3,6-8H,4-5,13H2. The summed E-state index contributed by atoms with van der Waals surface area (Å²) in [6.07, 6.45) is 4.93. The molecule has 30 heavy (non-hydrogen) atoms. The number of nitrogens with two attached hydrogens (primary N) is 2. The van der Waals surface area contributed by atoms with Crippen LogP contribution in [0.5, 0.6) is 0 Å². The fourth-order valence-electron chi connectivity index (χ4n) is 3.37. The van der Waals surface area contributed by atoms with E-state index >= 15 is 0 Å². The second kappa shape index (κ2) is 7.71. The van der Waals surface area contributed by atoms with Crippen molar-refractivity contribution in [3.05, 3.63) is 72.1 Å². The van der Waals surface area contributed by atoms with E-state index in [9.17, 15) is 0 Å². The summed E-state index contributed by atoms with van der Waals surface area (Å²) in [6.45, 7) is 0. The minimum Gasteiger partial charge on any atom is -0.399 e. The third-order valence-electron chi connectivity index (χ3n) is 5.39. The van der Waals surface area contributed by atoms with Gasteiger partial charge in [-0.25, -0.2) is 0 Å².